The number of carbonyl (C=O) groups is 1. The van der Waals surface area contributed by atoms with E-state index in [0.717, 1.165) is 11.4 Å². The second-order valence-corrected chi connectivity index (χ2v) is 2.91. The summed E-state index contributed by atoms with van der Waals surface area (Å²) in [7, 11) is 1.35. The largest absolute Gasteiger partial charge is 0.464 e. The zero-order valence-electron chi connectivity index (χ0n) is 6.46. The summed E-state index contributed by atoms with van der Waals surface area (Å²) in [5.74, 6) is -0.360. The van der Waals surface area contributed by atoms with Crippen LogP contribution in [0.5, 0.6) is 0 Å². The lowest BCUT2D eigenvalue weighted by atomic mass is 10.5. The molecular formula is C7H9NO2S. The van der Waals surface area contributed by atoms with Crippen molar-refractivity contribution in [2.45, 2.75) is 13.3 Å². The van der Waals surface area contributed by atoms with Crippen molar-refractivity contribution in [2.75, 3.05) is 7.11 Å². The van der Waals surface area contributed by atoms with Crippen LogP contribution in [0.1, 0.15) is 22.4 Å². The highest BCUT2D eigenvalue weighted by atomic mass is 32.1. The first kappa shape index (κ1) is 8.20. The standard InChI is InChI=1S/C7H9NO2S/c1-3-6-8-5(4-11-6)7(9)10-2/h4H,3H2,1-2H3. The Bertz CT molecular complexity index is 257. The summed E-state index contributed by atoms with van der Waals surface area (Å²) < 4.78 is 4.50. The van der Waals surface area contributed by atoms with E-state index in [2.05, 4.69) is 9.72 Å². The second-order valence-electron chi connectivity index (χ2n) is 1.97. The van der Waals surface area contributed by atoms with Gasteiger partial charge in [-0.2, -0.15) is 0 Å². The maximum absolute atomic E-state index is 10.9. The summed E-state index contributed by atoms with van der Waals surface area (Å²) in [5.41, 5.74) is 0.411. The molecule has 0 saturated heterocycles. The van der Waals surface area contributed by atoms with Gasteiger partial charge >= 0.3 is 5.97 Å². The van der Waals surface area contributed by atoms with E-state index in [9.17, 15) is 4.79 Å². The van der Waals surface area contributed by atoms with E-state index < -0.39 is 0 Å². The summed E-state index contributed by atoms with van der Waals surface area (Å²) in [4.78, 5) is 14.9. The van der Waals surface area contributed by atoms with E-state index in [4.69, 9.17) is 0 Å². The quantitative estimate of drug-likeness (QED) is 0.633. The van der Waals surface area contributed by atoms with Crippen molar-refractivity contribution in [3.8, 4) is 0 Å². The zero-order chi connectivity index (χ0) is 8.27. The monoisotopic (exact) mass is 171 g/mol. The minimum absolute atomic E-state index is 0.360. The van der Waals surface area contributed by atoms with Crippen molar-refractivity contribution >= 4 is 17.3 Å². The molecule has 0 aliphatic carbocycles. The number of ether oxygens (including phenoxy) is 1. The van der Waals surface area contributed by atoms with Crippen LogP contribution in [0.25, 0.3) is 0 Å². The molecule has 4 heteroatoms. The number of hydrogen-bond donors (Lipinski definition) is 0. The van der Waals surface area contributed by atoms with Gasteiger partial charge in [0, 0.05) is 5.38 Å². The van der Waals surface area contributed by atoms with Gasteiger partial charge in [-0.05, 0) is 6.42 Å². The van der Waals surface area contributed by atoms with Crippen molar-refractivity contribution in [3.63, 3.8) is 0 Å². The van der Waals surface area contributed by atoms with Crippen molar-refractivity contribution in [2.24, 2.45) is 0 Å². The highest BCUT2D eigenvalue weighted by molar-refractivity contribution is 7.09. The van der Waals surface area contributed by atoms with Gasteiger partial charge in [-0.25, -0.2) is 9.78 Å². The molecule has 1 aromatic heterocycles. The number of rotatable bonds is 2. The van der Waals surface area contributed by atoms with Gasteiger partial charge in [-0.3, -0.25) is 0 Å². The Kier molecular flexibility index (Phi) is 2.59. The topological polar surface area (TPSA) is 39.2 Å². The lowest BCUT2D eigenvalue weighted by molar-refractivity contribution is 0.0595. The lowest BCUT2D eigenvalue weighted by Crippen LogP contribution is -2.01. The molecule has 3 nitrogen and oxygen atoms in total. The van der Waals surface area contributed by atoms with Gasteiger partial charge in [0.1, 0.15) is 0 Å². The molecule has 0 atom stereocenters. The predicted molar refractivity (Wildman–Crippen MR) is 42.8 cm³/mol. The third kappa shape index (κ3) is 1.77. The molecule has 11 heavy (non-hydrogen) atoms. The first-order valence-corrected chi connectivity index (χ1v) is 4.18. The normalized spacial score (nSPS) is 9.64. The van der Waals surface area contributed by atoms with Crippen LogP contribution >= 0.6 is 11.3 Å². The fourth-order valence-corrected chi connectivity index (χ4v) is 1.39. The van der Waals surface area contributed by atoms with Crippen molar-refractivity contribution < 1.29 is 9.53 Å². The molecule has 0 aromatic carbocycles. The zero-order valence-corrected chi connectivity index (χ0v) is 7.27. The van der Waals surface area contributed by atoms with E-state index >= 15 is 0 Å². The molecule has 0 aliphatic rings. The Morgan fingerprint density at radius 1 is 1.82 bits per heavy atom. The third-order valence-corrected chi connectivity index (χ3v) is 2.24. The minimum atomic E-state index is -0.360. The van der Waals surface area contributed by atoms with Gasteiger partial charge < -0.3 is 4.74 Å². The molecule has 0 unspecified atom stereocenters. The minimum Gasteiger partial charge on any atom is -0.464 e. The SMILES string of the molecule is CCc1nc(C(=O)OC)cs1. The van der Waals surface area contributed by atoms with Crippen LogP contribution in [0.4, 0.5) is 0 Å². The molecule has 1 heterocycles. The summed E-state index contributed by atoms with van der Waals surface area (Å²) in [6.45, 7) is 2.00. The Labute approximate surface area is 69.0 Å². The van der Waals surface area contributed by atoms with Crippen LogP contribution in [0.15, 0.2) is 5.38 Å². The van der Waals surface area contributed by atoms with Crippen molar-refractivity contribution in [3.05, 3.63) is 16.1 Å². The van der Waals surface area contributed by atoms with E-state index in [0.29, 0.717) is 5.69 Å². The molecule has 60 valence electrons. The number of aromatic nitrogens is 1. The number of carbonyl (C=O) groups excluding carboxylic acids is 1. The van der Waals surface area contributed by atoms with Gasteiger partial charge in [0.25, 0.3) is 0 Å². The smallest absolute Gasteiger partial charge is 0.357 e. The average molecular weight is 171 g/mol. The molecule has 0 bridgehead atoms. The Morgan fingerprint density at radius 3 is 3.00 bits per heavy atom. The predicted octanol–water partition coefficient (Wildman–Crippen LogP) is 1.49. The Balaban J connectivity index is 2.80. The van der Waals surface area contributed by atoms with Crippen LogP contribution < -0.4 is 0 Å². The maximum atomic E-state index is 10.9. The molecule has 0 fully saturated rings. The van der Waals surface area contributed by atoms with E-state index in [1.807, 2.05) is 6.92 Å². The fourth-order valence-electron chi connectivity index (χ4n) is 0.672. The summed E-state index contributed by atoms with van der Waals surface area (Å²) in [6.07, 6.45) is 0.863. The van der Waals surface area contributed by atoms with Crippen LogP contribution in [0.3, 0.4) is 0 Å². The molecule has 0 aliphatic heterocycles. The van der Waals surface area contributed by atoms with E-state index in [-0.39, 0.29) is 5.97 Å². The first-order chi connectivity index (χ1) is 5.27. The fraction of sp³-hybridized carbons (Fsp3) is 0.429. The first-order valence-electron chi connectivity index (χ1n) is 3.30. The number of methoxy groups -OCH3 is 1. The van der Waals surface area contributed by atoms with Gasteiger partial charge in [0.15, 0.2) is 5.69 Å². The van der Waals surface area contributed by atoms with Gasteiger partial charge in [0.05, 0.1) is 12.1 Å². The van der Waals surface area contributed by atoms with Crippen molar-refractivity contribution in [1.82, 2.24) is 4.98 Å². The maximum Gasteiger partial charge on any atom is 0.357 e. The highest BCUT2D eigenvalue weighted by Crippen LogP contribution is 2.10. The molecule has 0 spiro atoms. The van der Waals surface area contributed by atoms with Gasteiger partial charge in [0.2, 0.25) is 0 Å². The number of nitrogens with zero attached hydrogens (tertiary/aromatic N) is 1. The summed E-state index contributed by atoms with van der Waals surface area (Å²) in [5, 5.41) is 2.68. The molecule has 0 amide bonds. The van der Waals surface area contributed by atoms with E-state index in [1.54, 1.807) is 5.38 Å². The van der Waals surface area contributed by atoms with Gasteiger partial charge in [-0.15, -0.1) is 11.3 Å². The van der Waals surface area contributed by atoms with Crippen LogP contribution in [0, 0.1) is 0 Å². The van der Waals surface area contributed by atoms with Crippen LogP contribution in [-0.4, -0.2) is 18.1 Å². The molecule has 0 saturated carbocycles. The Hall–Kier alpha value is -0.900. The van der Waals surface area contributed by atoms with Crippen LogP contribution in [0.2, 0.25) is 0 Å². The molecule has 1 aromatic rings. The third-order valence-electron chi connectivity index (χ3n) is 1.25. The number of hydrogen-bond acceptors (Lipinski definition) is 4. The molecular weight excluding hydrogens is 162 g/mol. The van der Waals surface area contributed by atoms with Gasteiger partial charge in [-0.1, -0.05) is 6.92 Å². The van der Waals surface area contributed by atoms with Crippen molar-refractivity contribution in [1.29, 1.82) is 0 Å². The molecule has 0 N–H and O–H groups in total. The average Bonchev–Trinajstić information content (AvgIpc) is 2.50. The second kappa shape index (κ2) is 3.48. The summed E-state index contributed by atoms with van der Waals surface area (Å²) >= 11 is 1.48. The number of aryl methyl sites for hydroxylation is 1. The lowest BCUT2D eigenvalue weighted by Gasteiger charge is -1.90. The van der Waals surface area contributed by atoms with Crippen LogP contribution in [-0.2, 0) is 11.2 Å². The summed E-state index contributed by atoms with van der Waals surface area (Å²) in [6, 6.07) is 0. The molecule has 1 rings (SSSR count). The number of esters is 1. The molecule has 0 radical (unpaired) electrons. The Morgan fingerprint density at radius 2 is 2.55 bits per heavy atom. The van der Waals surface area contributed by atoms with E-state index in [1.165, 1.54) is 18.4 Å². The highest BCUT2D eigenvalue weighted by Gasteiger charge is 2.08. The number of thiazole rings is 1.